The van der Waals surface area contributed by atoms with Gasteiger partial charge in [-0.25, -0.2) is 4.39 Å². The van der Waals surface area contributed by atoms with Crippen LogP contribution in [0.5, 0.6) is 0 Å². The van der Waals surface area contributed by atoms with Gasteiger partial charge < -0.3 is 10.7 Å². The Bertz CT molecular complexity index is 546. The van der Waals surface area contributed by atoms with E-state index in [-0.39, 0.29) is 11.4 Å². The Kier molecular flexibility index (Phi) is 2.72. The molecule has 2 rings (SSSR count). The molecule has 2 aromatic rings. The number of aromatic nitrogens is 1. The van der Waals surface area contributed by atoms with Gasteiger partial charge in [-0.1, -0.05) is 12.1 Å². The number of rotatable bonds is 2. The van der Waals surface area contributed by atoms with E-state index in [0.29, 0.717) is 12.2 Å². The predicted octanol–water partition coefficient (Wildman–Crippen LogP) is 1.69. The minimum Gasteiger partial charge on any atom is -0.385 e. The highest BCUT2D eigenvalue weighted by molar-refractivity contribution is 5.35. The molecule has 1 heterocycles. The van der Waals surface area contributed by atoms with Crippen molar-refractivity contribution < 1.29 is 4.39 Å². The van der Waals surface area contributed by atoms with E-state index in [1.165, 1.54) is 18.2 Å². The van der Waals surface area contributed by atoms with Gasteiger partial charge in [0, 0.05) is 6.07 Å². The lowest BCUT2D eigenvalue weighted by Crippen LogP contribution is -2.09. The molecule has 1 aromatic heterocycles. The molecule has 0 saturated heterocycles. The van der Waals surface area contributed by atoms with Crippen LogP contribution >= 0.6 is 0 Å². The number of anilines is 1. The molecule has 0 amide bonds. The summed E-state index contributed by atoms with van der Waals surface area (Å²) in [5, 5.41) is 0. The summed E-state index contributed by atoms with van der Waals surface area (Å²) in [6, 6.07) is 9.35. The molecule has 3 nitrogen and oxygen atoms in total. The average Bonchev–Trinajstić information content (AvgIpc) is 2.20. The molecule has 0 spiro atoms. The molecule has 0 atom stereocenters. The van der Waals surface area contributed by atoms with Gasteiger partial charge in [0.05, 0.1) is 0 Å². The van der Waals surface area contributed by atoms with Crippen LogP contribution < -0.4 is 11.3 Å². The quantitative estimate of drug-likeness (QED) is 0.805. The Balaban J connectivity index is 2.26. The first-order valence-corrected chi connectivity index (χ1v) is 4.86. The maximum Gasteiger partial charge on any atom is 0.249 e. The molecule has 0 aliphatic heterocycles. The molecule has 82 valence electrons. The number of hydrogen-bond acceptors (Lipinski definition) is 2. The second kappa shape index (κ2) is 4.18. The van der Waals surface area contributed by atoms with Gasteiger partial charge in [-0.15, -0.1) is 0 Å². The number of hydrogen-bond donors (Lipinski definition) is 2. The molecule has 4 heteroatoms. The third-order valence-electron chi connectivity index (χ3n) is 2.25. The van der Waals surface area contributed by atoms with E-state index in [0.717, 1.165) is 11.1 Å². The molecule has 0 aliphatic carbocycles. The molecule has 1 aromatic carbocycles. The van der Waals surface area contributed by atoms with Crippen LogP contribution in [0.4, 0.5) is 10.2 Å². The largest absolute Gasteiger partial charge is 0.385 e. The first kappa shape index (κ1) is 10.4. The van der Waals surface area contributed by atoms with Crippen molar-refractivity contribution in [2.75, 3.05) is 5.73 Å². The van der Waals surface area contributed by atoms with Gasteiger partial charge in [-0.2, -0.15) is 0 Å². The number of aromatic amines is 1. The van der Waals surface area contributed by atoms with Crippen LogP contribution in [-0.4, -0.2) is 4.98 Å². The second-order valence-electron chi connectivity index (χ2n) is 3.61. The summed E-state index contributed by atoms with van der Waals surface area (Å²) in [7, 11) is 0. The molecule has 0 radical (unpaired) electrons. The van der Waals surface area contributed by atoms with Gasteiger partial charge in [0.25, 0.3) is 0 Å². The topological polar surface area (TPSA) is 58.9 Å². The first-order valence-electron chi connectivity index (χ1n) is 4.86. The van der Waals surface area contributed by atoms with Crippen molar-refractivity contribution in [2.24, 2.45) is 0 Å². The smallest absolute Gasteiger partial charge is 0.249 e. The number of nitrogens with one attached hydrogen (secondary N) is 1. The number of nitrogen functional groups attached to an aromatic ring is 1. The minimum absolute atomic E-state index is 0.225. The third kappa shape index (κ3) is 2.48. The summed E-state index contributed by atoms with van der Waals surface area (Å²) >= 11 is 0. The Hall–Kier alpha value is -2.10. The summed E-state index contributed by atoms with van der Waals surface area (Å²) in [6.45, 7) is 0. The van der Waals surface area contributed by atoms with E-state index in [2.05, 4.69) is 4.98 Å². The van der Waals surface area contributed by atoms with Gasteiger partial charge in [0.15, 0.2) is 0 Å². The van der Waals surface area contributed by atoms with Gasteiger partial charge in [0.1, 0.15) is 11.6 Å². The lowest BCUT2D eigenvalue weighted by atomic mass is 10.1. The lowest BCUT2D eigenvalue weighted by Gasteiger charge is -2.02. The van der Waals surface area contributed by atoms with Crippen molar-refractivity contribution in [1.29, 1.82) is 0 Å². The predicted molar refractivity (Wildman–Crippen MR) is 60.7 cm³/mol. The van der Waals surface area contributed by atoms with Gasteiger partial charge >= 0.3 is 0 Å². The van der Waals surface area contributed by atoms with Crippen molar-refractivity contribution in [3.8, 4) is 0 Å². The zero-order valence-electron chi connectivity index (χ0n) is 8.53. The van der Waals surface area contributed by atoms with Crippen LogP contribution in [0.2, 0.25) is 0 Å². The highest BCUT2D eigenvalue weighted by atomic mass is 19.1. The van der Waals surface area contributed by atoms with Crippen molar-refractivity contribution in [3.63, 3.8) is 0 Å². The molecule has 0 saturated carbocycles. The molecule has 0 fully saturated rings. The van der Waals surface area contributed by atoms with Crippen molar-refractivity contribution in [2.45, 2.75) is 6.42 Å². The molecule has 0 aliphatic rings. The van der Waals surface area contributed by atoms with Gasteiger partial charge in [0.2, 0.25) is 5.56 Å². The summed E-state index contributed by atoms with van der Waals surface area (Å²) in [4.78, 5) is 13.6. The summed E-state index contributed by atoms with van der Waals surface area (Å²) in [6.07, 6.45) is 0.564. The van der Waals surface area contributed by atoms with E-state index in [9.17, 15) is 9.18 Å². The summed E-state index contributed by atoms with van der Waals surface area (Å²) < 4.78 is 12.7. The van der Waals surface area contributed by atoms with E-state index in [4.69, 9.17) is 5.73 Å². The van der Waals surface area contributed by atoms with Crippen LogP contribution in [0.15, 0.2) is 41.2 Å². The van der Waals surface area contributed by atoms with E-state index >= 15 is 0 Å². The van der Waals surface area contributed by atoms with Crippen molar-refractivity contribution in [1.82, 2.24) is 4.98 Å². The summed E-state index contributed by atoms with van der Waals surface area (Å²) in [5.41, 5.74) is 7.05. The number of benzene rings is 1. The second-order valence-corrected chi connectivity index (χ2v) is 3.61. The fraction of sp³-hybridized carbons (Fsp3) is 0.0833. The third-order valence-corrected chi connectivity index (χ3v) is 2.25. The van der Waals surface area contributed by atoms with Crippen molar-refractivity contribution in [3.05, 3.63) is 63.7 Å². The Morgan fingerprint density at radius 1 is 1.12 bits per heavy atom. The maximum absolute atomic E-state index is 12.7. The monoisotopic (exact) mass is 218 g/mol. The Labute approximate surface area is 91.7 Å². The number of nitrogens with two attached hydrogens (primary N) is 1. The number of pyridine rings is 1. The number of halogens is 1. The molecule has 0 bridgehead atoms. The zero-order chi connectivity index (χ0) is 11.5. The van der Waals surface area contributed by atoms with Crippen LogP contribution in [0.1, 0.15) is 11.1 Å². The Morgan fingerprint density at radius 2 is 1.81 bits per heavy atom. The van der Waals surface area contributed by atoms with E-state index in [1.54, 1.807) is 18.2 Å². The molecule has 0 unspecified atom stereocenters. The highest BCUT2D eigenvalue weighted by Gasteiger charge is 1.99. The maximum atomic E-state index is 12.7. The standard InChI is InChI=1S/C12H11FN2O/c13-10-3-1-8(2-4-10)5-9-6-11(14)15-12(16)7-9/h1-4,6-7H,5H2,(H3,14,15,16). The van der Waals surface area contributed by atoms with Crippen LogP contribution in [0, 0.1) is 5.82 Å². The Morgan fingerprint density at radius 3 is 2.44 bits per heavy atom. The van der Waals surface area contributed by atoms with Crippen LogP contribution in [-0.2, 0) is 6.42 Å². The van der Waals surface area contributed by atoms with E-state index in [1.807, 2.05) is 0 Å². The fourth-order valence-electron chi connectivity index (χ4n) is 1.56. The molecule has 3 N–H and O–H groups in total. The van der Waals surface area contributed by atoms with E-state index < -0.39 is 0 Å². The molecular formula is C12H11FN2O. The van der Waals surface area contributed by atoms with Gasteiger partial charge in [-0.3, -0.25) is 4.79 Å². The average molecular weight is 218 g/mol. The molecular weight excluding hydrogens is 207 g/mol. The zero-order valence-corrected chi connectivity index (χ0v) is 8.53. The van der Waals surface area contributed by atoms with Crippen LogP contribution in [0.25, 0.3) is 0 Å². The first-order chi connectivity index (χ1) is 7.63. The molecule has 16 heavy (non-hydrogen) atoms. The lowest BCUT2D eigenvalue weighted by molar-refractivity contribution is 0.627. The van der Waals surface area contributed by atoms with Gasteiger partial charge in [-0.05, 0) is 35.7 Å². The normalized spacial score (nSPS) is 10.3. The highest BCUT2D eigenvalue weighted by Crippen LogP contribution is 2.10. The summed E-state index contributed by atoms with van der Waals surface area (Å²) in [5.74, 6) is 0.0683. The fourth-order valence-corrected chi connectivity index (χ4v) is 1.56. The minimum atomic E-state index is -0.269. The van der Waals surface area contributed by atoms with Crippen LogP contribution in [0.3, 0.4) is 0 Å². The van der Waals surface area contributed by atoms with Crippen molar-refractivity contribution >= 4 is 5.82 Å². The SMILES string of the molecule is Nc1cc(Cc2ccc(F)cc2)cc(=O)[nH]1. The number of H-pyrrole nitrogens is 1.